The highest BCUT2D eigenvalue weighted by atomic mass is 32.2. The summed E-state index contributed by atoms with van der Waals surface area (Å²) in [6.45, 7) is 7.36. The van der Waals surface area contributed by atoms with Crippen LogP contribution >= 0.6 is 11.8 Å². The summed E-state index contributed by atoms with van der Waals surface area (Å²) in [5.41, 5.74) is 0. The summed E-state index contributed by atoms with van der Waals surface area (Å²) in [6, 6.07) is 0.665. The van der Waals surface area contributed by atoms with Gasteiger partial charge in [-0.05, 0) is 32.1 Å². The van der Waals surface area contributed by atoms with Crippen LogP contribution in [0.15, 0.2) is 0 Å². The molecule has 2 aliphatic rings. The van der Waals surface area contributed by atoms with Crippen molar-refractivity contribution in [2.24, 2.45) is 0 Å². The summed E-state index contributed by atoms with van der Waals surface area (Å²) in [4.78, 5) is 4.69. The van der Waals surface area contributed by atoms with Crippen molar-refractivity contribution in [3.05, 3.63) is 0 Å². The Bertz CT molecular complexity index is 275. The molecule has 1 aliphatic heterocycles. The van der Waals surface area contributed by atoms with E-state index in [1.54, 1.807) is 0 Å². The molecule has 0 amide bonds. The zero-order valence-electron chi connectivity index (χ0n) is 13.0. The predicted octanol–water partition coefficient (Wildman–Crippen LogP) is 1.29. The average Bonchev–Trinajstić information content (AvgIpc) is 2.89. The summed E-state index contributed by atoms with van der Waals surface area (Å²) in [5.74, 6) is 1.22. The quantitative estimate of drug-likeness (QED) is 0.767. The van der Waals surface area contributed by atoms with Gasteiger partial charge in [-0.15, -0.1) is 0 Å². The lowest BCUT2D eigenvalue weighted by atomic mass is 10.2. The smallest absolute Gasteiger partial charge is 0.0793 e. The number of likely N-dealkylation sites (N-methyl/N-ethyl adjacent to an activating group) is 1. The monoisotopic (exact) mass is 302 g/mol. The van der Waals surface area contributed by atoms with E-state index >= 15 is 0 Å². The second kappa shape index (κ2) is 8.59. The van der Waals surface area contributed by atoms with E-state index in [-0.39, 0.29) is 6.10 Å². The lowest BCUT2D eigenvalue weighted by Crippen LogP contribution is -2.45. The summed E-state index contributed by atoms with van der Waals surface area (Å²) in [6.07, 6.45) is 3.68. The van der Waals surface area contributed by atoms with Gasteiger partial charge in [-0.25, -0.2) is 0 Å². The third-order valence-corrected chi connectivity index (χ3v) is 5.69. The Balaban J connectivity index is 1.66. The van der Waals surface area contributed by atoms with Gasteiger partial charge in [0.05, 0.1) is 19.3 Å². The second-order valence-corrected chi connectivity index (χ2v) is 7.63. The highest BCUT2D eigenvalue weighted by Crippen LogP contribution is 2.32. The Kier molecular flexibility index (Phi) is 7.11. The summed E-state index contributed by atoms with van der Waals surface area (Å²) in [7, 11) is 2.17. The molecule has 0 bridgehead atoms. The van der Waals surface area contributed by atoms with Crippen molar-refractivity contribution >= 4 is 11.8 Å². The maximum absolute atomic E-state index is 10.3. The topological polar surface area (TPSA) is 35.9 Å². The van der Waals surface area contributed by atoms with Crippen LogP contribution < -0.4 is 0 Å². The van der Waals surface area contributed by atoms with Crippen molar-refractivity contribution in [2.45, 2.75) is 43.6 Å². The summed E-state index contributed by atoms with van der Waals surface area (Å²) < 4.78 is 5.34. The average molecular weight is 302 g/mol. The van der Waals surface area contributed by atoms with Crippen molar-refractivity contribution in [2.75, 3.05) is 52.2 Å². The van der Waals surface area contributed by atoms with Gasteiger partial charge >= 0.3 is 0 Å². The van der Waals surface area contributed by atoms with Gasteiger partial charge in [0, 0.05) is 37.5 Å². The third kappa shape index (κ3) is 5.19. The first-order valence-corrected chi connectivity index (χ1v) is 9.04. The van der Waals surface area contributed by atoms with Gasteiger partial charge in [-0.1, -0.05) is 6.92 Å². The van der Waals surface area contributed by atoms with Crippen LogP contribution in [-0.2, 0) is 4.74 Å². The Morgan fingerprint density at radius 3 is 2.80 bits per heavy atom. The number of aliphatic hydroxyl groups is 1. The number of β-amino-alcohol motifs (C(OH)–C–C–N with tert-alkyl or cyclic N) is 1. The van der Waals surface area contributed by atoms with Crippen molar-refractivity contribution in [1.82, 2.24) is 9.80 Å². The predicted molar refractivity (Wildman–Crippen MR) is 85.5 cm³/mol. The van der Waals surface area contributed by atoms with Crippen molar-refractivity contribution in [3.63, 3.8) is 0 Å². The van der Waals surface area contributed by atoms with Crippen molar-refractivity contribution in [3.8, 4) is 0 Å². The van der Waals surface area contributed by atoms with Crippen molar-refractivity contribution in [1.29, 1.82) is 0 Å². The van der Waals surface area contributed by atoms with Gasteiger partial charge in [-0.3, -0.25) is 4.90 Å². The van der Waals surface area contributed by atoms with Crippen LogP contribution in [0.5, 0.6) is 0 Å². The molecule has 0 aromatic carbocycles. The Morgan fingerprint density at radius 2 is 2.10 bits per heavy atom. The molecule has 20 heavy (non-hydrogen) atoms. The van der Waals surface area contributed by atoms with Gasteiger partial charge in [0.15, 0.2) is 0 Å². The molecule has 5 heteroatoms. The normalized spacial score (nSPS) is 30.0. The van der Waals surface area contributed by atoms with Crippen LogP contribution in [0.2, 0.25) is 0 Å². The van der Waals surface area contributed by atoms with Crippen LogP contribution in [-0.4, -0.2) is 84.5 Å². The number of nitrogens with zero attached hydrogens (tertiary/aromatic N) is 2. The number of thioether (sulfide) groups is 1. The maximum atomic E-state index is 10.3. The van der Waals surface area contributed by atoms with E-state index in [2.05, 4.69) is 35.5 Å². The fourth-order valence-corrected chi connectivity index (χ4v) is 4.46. The van der Waals surface area contributed by atoms with E-state index in [0.29, 0.717) is 6.04 Å². The second-order valence-electron chi connectivity index (χ2n) is 6.05. The Labute approximate surface area is 127 Å². The molecular formula is C15H30N2O2S. The molecule has 1 saturated heterocycles. The van der Waals surface area contributed by atoms with Crippen molar-refractivity contribution < 1.29 is 9.84 Å². The highest BCUT2D eigenvalue weighted by molar-refractivity contribution is 7.99. The minimum absolute atomic E-state index is 0.240. The molecule has 3 atom stereocenters. The molecule has 3 unspecified atom stereocenters. The molecule has 0 radical (unpaired) electrons. The fraction of sp³-hybridized carbons (Fsp3) is 1.00. The molecule has 1 N–H and O–H groups in total. The standard InChI is InChI=1S/C15H30N2O2S/c1-3-20-15-5-4-13(10-15)16(2)11-14(18)12-17-6-8-19-9-7-17/h13-15,18H,3-12H2,1-2H3. The van der Waals surface area contributed by atoms with Gasteiger partial charge in [0.1, 0.15) is 0 Å². The number of rotatable bonds is 7. The van der Waals surface area contributed by atoms with E-state index in [0.717, 1.165) is 44.6 Å². The van der Waals surface area contributed by atoms with Crippen LogP contribution in [0.3, 0.4) is 0 Å². The summed E-state index contributed by atoms with van der Waals surface area (Å²) >= 11 is 2.10. The Hall–Kier alpha value is 0.190. The first-order valence-electron chi connectivity index (χ1n) is 7.99. The van der Waals surface area contributed by atoms with Crippen LogP contribution in [0, 0.1) is 0 Å². The first-order chi connectivity index (χ1) is 9.69. The van der Waals surface area contributed by atoms with E-state index in [4.69, 9.17) is 4.74 Å². The highest BCUT2D eigenvalue weighted by Gasteiger charge is 2.28. The molecule has 1 aliphatic carbocycles. The zero-order chi connectivity index (χ0) is 14.4. The molecule has 0 aromatic heterocycles. The lowest BCUT2D eigenvalue weighted by Gasteiger charge is -2.31. The lowest BCUT2D eigenvalue weighted by molar-refractivity contribution is 0.00600. The Morgan fingerprint density at radius 1 is 1.35 bits per heavy atom. The van der Waals surface area contributed by atoms with E-state index in [1.807, 2.05) is 0 Å². The maximum Gasteiger partial charge on any atom is 0.0793 e. The number of aliphatic hydroxyl groups excluding tert-OH is 1. The molecular weight excluding hydrogens is 272 g/mol. The molecule has 118 valence electrons. The molecule has 2 rings (SSSR count). The van der Waals surface area contributed by atoms with Gasteiger partial charge in [-0.2, -0.15) is 11.8 Å². The fourth-order valence-electron chi connectivity index (χ4n) is 3.33. The third-order valence-electron chi connectivity index (χ3n) is 4.45. The summed E-state index contributed by atoms with van der Waals surface area (Å²) in [5, 5.41) is 11.1. The minimum Gasteiger partial charge on any atom is -0.390 e. The minimum atomic E-state index is -0.240. The number of hydrogen-bond donors (Lipinski definition) is 1. The molecule has 2 fully saturated rings. The molecule has 0 aromatic rings. The number of morpholine rings is 1. The first kappa shape index (κ1) is 16.6. The van der Waals surface area contributed by atoms with E-state index < -0.39 is 0 Å². The molecule has 1 saturated carbocycles. The van der Waals surface area contributed by atoms with E-state index in [1.165, 1.54) is 25.0 Å². The van der Waals surface area contributed by atoms with Crippen LogP contribution in [0.1, 0.15) is 26.2 Å². The van der Waals surface area contributed by atoms with Crippen LogP contribution in [0.25, 0.3) is 0 Å². The van der Waals surface area contributed by atoms with Gasteiger partial charge < -0.3 is 14.7 Å². The van der Waals surface area contributed by atoms with Crippen LogP contribution in [0.4, 0.5) is 0 Å². The molecule has 4 nitrogen and oxygen atoms in total. The number of ether oxygens (including phenoxy) is 1. The SMILES string of the molecule is CCSC1CCC(N(C)CC(O)CN2CCOCC2)C1. The number of hydrogen-bond acceptors (Lipinski definition) is 5. The molecule has 0 spiro atoms. The van der Waals surface area contributed by atoms with Gasteiger partial charge in [0.25, 0.3) is 0 Å². The zero-order valence-corrected chi connectivity index (χ0v) is 13.8. The van der Waals surface area contributed by atoms with E-state index in [9.17, 15) is 5.11 Å². The molecule has 1 heterocycles. The largest absolute Gasteiger partial charge is 0.390 e. The van der Waals surface area contributed by atoms with Gasteiger partial charge in [0.2, 0.25) is 0 Å².